The Bertz CT molecular complexity index is 691. The summed E-state index contributed by atoms with van der Waals surface area (Å²) in [7, 11) is 3.33. The van der Waals surface area contributed by atoms with Crippen LogP contribution in [0.5, 0.6) is 11.5 Å². The van der Waals surface area contributed by atoms with Crippen molar-refractivity contribution in [2.75, 3.05) is 46.9 Å². The van der Waals surface area contributed by atoms with Crippen molar-refractivity contribution in [1.29, 1.82) is 0 Å². The Morgan fingerprint density at radius 3 is 2.14 bits per heavy atom. The Labute approximate surface area is 173 Å². The number of rotatable bonds is 6. The van der Waals surface area contributed by atoms with Crippen LogP contribution >= 0.6 is 11.6 Å². The molecule has 6 nitrogen and oxygen atoms in total. The van der Waals surface area contributed by atoms with Crippen LogP contribution in [-0.4, -0.2) is 74.0 Å². The molecule has 29 heavy (non-hydrogen) atoms. The summed E-state index contributed by atoms with van der Waals surface area (Å²) in [5.41, 5.74) is 1.10. The average Bonchev–Trinajstić information content (AvgIpc) is 3.46. The van der Waals surface area contributed by atoms with E-state index in [0.29, 0.717) is 10.8 Å². The van der Waals surface area contributed by atoms with Crippen LogP contribution in [-0.2, 0) is 11.3 Å². The van der Waals surface area contributed by atoms with Gasteiger partial charge < -0.3 is 19.5 Å². The number of halogens is 4. The van der Waals surface area contributed by atoms with Crippen LogP contribution in [0.2, 0.25) is 5.02 Å². The third kappa shape index (κ3) is 7.56. The second kappa shape index (κ2) is 10.4. The molecule has 1 aliphatic heterocycles. The van der Waals surface area contributed by atoms with Crippen molar-refractivity contribution in [2.45, 2.75) is 25.6 Å². The summed E-state index contributed by atoms with van der Waals surface area (Å²) in [5.74, 6) is -0.277. The fraction of sp³-hybridized carbons (Fsp3) is 0.632. The topological polar surface area (TPSA) is 62.2 Å². The Morgan fingerprint density at radius 2 is 1.69 bits per heavy atom. The zero-order valence-corrected chi connectivity index (χ0v) is 17.2. The first-order chi connectivity index (χ1) is 13.6. The van der Waals surface area contributed by atoms with Crippen molar-refractivity contribution in [2.24, 2.45) is 5.92 Å². The predicted molar refractivity (Wildman–Crippen MR) is 103 cm³/mol. The fourth-order valence-electron chi connectivity index (χ4n) is 3.16. The highest BCUT2D eigenvalue weighted by Crippen LogP contribution is 2.35. The molecule has 0 atom stereocenters. The van der Waals surface area contributed by atoms with Gasteiger partial charge in [0.05, 0.1) is 14.2 Å². The third-order valence-corrected chi connectivity index (χ3v) is 5.05. The van der Waals surface area contributed by atoms with Gasteiger partial charge in [0.2, 0.25) is 0 Å². The van der Waals surface area contributed by atoms with Crippen molar-refractivity contribution in [3.05, 3.63) is 22.7 Å². The molecule has 10 heteroatoms. The van der Waals surface area contributed by atoms with Gasteiger partial charge in [0.25, 0.3) is 0 Å². The lowest BCUT2D eigenvalue weighted by Gasteiger charge is -2.35. The maximum absolute atomic E-state index is 10.6. The molecule has 1 N–H and O–H groups in total. The van der Waals surface area contributed by atoms with E-state index < -0.39 is 12.1 Å². The minimum Gasteiger partial charge on any atom is -0.493 e. The largest absolute Gasteiger partial charge is 0.493 e. The molecule has 0 radical (unpaired) electrons. The Morgan fingerprint density at radius 1 is 1.14 bits per heavy atom. The average molecular weight is 439 g/mol. The zero-order valence-electron chi connectivity index (χ0n) is 16.5. The number of ether oxygens (including phenoxy) is 2. The van der Waals surface area contributed by atoms with Crippen LogP contribution in [0.1, 0.15) is 18.4 Å². The number of hydrogen-bond donors (Lipinski definition) is 1. The molecule has 0 amide bonds. The van der Waals surface area contributed by atoms with Gasteiger partial charge in [-0.3, -0.25) is 4.90 Å². The predicted octanol–water partition coefficient (Wildman–Crippen LogP) is 3.52. The molecule has 1 aromatic rings. The van der Waals surface area contributed by atoms with Gasteiger partial charge in [-0.15, -0.1) is 0 Å². The summed E-state index contributed by atoms with van der Waals surface area (Å²) in [6.45, 7) is 6.68. The molecule has 2 fully saturated rings. The number of benzene rings is 1. The van der Waals surface area contributed by atoms with Gasteiger partial charge in [0.15, 0.2) is 11.5 Å². The van der Waals surface area contributed by atoms with E-state index in [4.69, 9.17) is 31.0 Å². The smallest absolute Gasteiger partial charge is 0.490 e. The molecule has 1 aliphatic carbocycles. The molecule has 164 valence electrons. The highest BCUT2D eigenvalue weighted by atomic mass is 35.5. The fourth-order valence-corrected chi connectivity index (χ4v) is 3.39. The summed E-state index contributed by atoms with van der Waals surface area (Å²) in [5, 5.41) is 7.82. The van der Waals surface area contributed by atoms with Crippen LogP contribution in [0.4, 0.5) is 13.2 Å². The quantitative estimate of drug-likeness (QED) is 0.733. The maximum Gasteiger partial charge on any atom is 0.490 e. The number of piperazine rings is 1. The molecule has 2 aliphatic rings. The first kappa shape index (κ1) is 23.6. The highest BCUT2D eigenvalue weighted by Gasteiger charge is 2.38. The van der Waals surface area contributed by atoms with E-state index in [0.717, 1.165) is 50.0 Å². The molecule has 0 aromatic heterocycles. The second-order valence-corrected chi connectivity index (χ2v) is 7.56. The number of carboxylic acid groups (broad SMARTS) is 1. The van der Waals surface area contributed by atoms with E-state index >= 15 is 0 Å². The van der Waals surface area contributed by atoms with Crippen LogP contribution in [0, 0.1) is 5.92 Å². The van der Waals surface area contributed by atoms with Gasteiger partial charge in [-0.05, 0) is 24.8 Å². The molecule has 1 saturated heterocycles. The molecule has 0 bridgehead atoms. The molecule has 0 spiro atoms. The SMILES string of the molecule is COc1cc(Cl)cc(CN2CCN(CC3CC3)CC2)c1OC.O=C(O)C(F)(F)F. The lowest BCUT2D eigenvalue weighted by atomic mass is 10.1. The van der Waals surface area contributed by atoms with Crippen LogP contribution in [0.25, 0.3) is 0 Å². The number of carboxylic acids is 1. The standard InChI is InChI=1S/C17H25ClN2O2.C2HF3O2/c1-21-16-10-15(18)9-14(17(16)22-2)12-20-7-5-19(6-8-20)11-13-3-4-13;3-2(4,5)1(6)7/h9-10,13H,3-8,11-12H2,1-2H3;(H,6,7). The molecule has 0 unspecified atom stereocenters. The third-order valence-electron chi connectivity index (χ3n) is 4.84. The van der Waals surface area contributed by atoms with E-state index in [-0.39, 0.29) is 0 Å². The Kier molecular flexibility index (Phi) is 8.42. The van der Waals surface area contributed by atoms with Crippen molar-refractivity contribution < 1.29 is 32.5 Å². The Hall–Kier alpha value is -1.71. The number of alkyl halides is 3. The minimum atomic E-state index is -5.08. The van der Waals surface area contributed by atoms with Gasteiger partial charge in [0, 0.05) is 55.9 Å². The number of hydrogen-bond acceptors (Lipinski definition) is 5. The van der Waals surface area contributed by atoms with E-state index in [2.05, 4.69) is 9.80 Å². The van der Waals surface area contributed by atoms with Crippen LogP contribution in [0.15, 0.2) is 12.1 Å². The van der Waals surface area contributed by atoms with Gasteiger partial charge in [0.1, 0.15) is 0 Å². The van der Waals surface area contributed by atoms with E-state index in [1.54, 1.807) is 20.3 Å². The maximum atomic E-state index is 10.6. The number of carbonyl (C=O) groups is 1. The molecule has 1 saturated carbocycles. The van der Waals surface area contributed by atoms with Gasteiger partial charge in [-0.25, -0.2) is 4.79 Å². The number of nitrogens with zero attached hydrogens (tertiary/aromatic N) is 2. The first-order valence-corrected chi connectivity index (χ1v) is 9.67. The molecule has 1 heterocycles. The van der Waals surface area contributed by atoms with E-state index in [1.807, 2.05) is 6.07 Å². The van der Waals surface area contributed by atoms with Crippen molar-refractivity contribution in [3.63, 3.8) is 0 Å². The summed E-state index contributed by atoms with van der Waals surface area (Å²) < 4.78 is 42.6. The van der Waals surface area contributed by atoms with Crippen molar-refractivity contribution in [1.82, 2.24) is 9.80 Å². The highest BCUT2D eigenvalue weighted by molar-refractivity contribution is 6.30. The Balaban J connectivity index is 0.000000370. The van der Waals surface area contributed by atoms with Gasteiger partial charge >= 0.3 is 12.1 Å². The summed E-state index contributed by atoms with van der Waals surface area (Å²) >= 11 is 6.20. The monoisotopic (exact) mass is 438 g/mol. The second-order valence-electron chi connectivity index (χ2n) is 7.12. The molecule has 1 aromatic carbocycles. The van der Waals surface area contributed by atoms with Gasteiger partial charge in [-0.2, -0.15) is 13.2 Å². The summed E-state index contributed by atoms with van der Waals surface area (Å²) in [4.78, 5) is 14.0. The van der Waals surface area contributed by atoms with E-state index in [9.17, 15) is 13.2 Å². The first-order valence-electron chi connectivity index (χ1n) is 9.29. The van der Waals surface area contributed by atoms with Crippen LogP contribution < -0.4 is 9.47 Å². The van der Waals surface area contributed by atoms with Crippen LogP contribution in [0.3, 0.4) is 0 Å². The zero-order chi connectivity index (χ0) is 21.6. The van der Waals surface area contributed by atoms with Crippen molar-refractivity contribution in [3.8, 4) is 11.5 Å². The number of aliphatic carboxylic acids is 1. The lowest BCUT2D eigenvalue weighted by Crippen LogP contribution is -2.46. The molecular weight excluding hydrogens is 413 g/mol. The summed E-state index contributed by atoms with van der Waals surface area (Å²) in [6.07, 6.45) is -2.22. The minimum absolute atomic E-state index is 0.694. The van der Waals surface area contributed by atoms with Crippen molar-refractivity contribution >= 4 is 17.6 Å². The normalized spacial score (nSPS) is 18.0. The lowest BCUT2D eigenvalue weighted by molar-refractivity contribution is -0.192. The van der Waals surface area contributed by atoms with E-state index in [1.165, 1.54) is 19.4 Å². The summed E-state index contributed by atoms with van der Waals surface area (Å²) in [6, 6.07) is 3.79. The number of methoxy groups -OCH3 is 2. The molecular formula is C19H26ClF3N2O4. The van der Waals surface area contributed by atoms with Gasteiger partial charge in [-0.1, -0.05) is 11.6 Å². The molecule has 3 rings (SSSR count).